The molecule has 0 bridgehead atoms. The summed E-state index contributed by atoms with van der Waals surface area (Å²) in [6, 6.07) is 18.6. The van der Waals surface area contributed by atoms with Gasteiger partial charge in [0.2, 0.25) is 0 Å². The van der Waals surface area contributed by atoms with Crippen molar-refractivity contribution in [1.82, 2.24) is 4.57 Å². The van der Waals surface area contributed by atoms with Crippen molar-refractivity contribution in [3.05, 3.63) is 84.1 Å². The molecule has 1 aromatic heterocycles. The normalized spacial score (nSPS) is 18.3. The molecule has 0 N–H and O–H groups in total. The molecule has 0 amide bonds. The van der Waals surface area contributed by atoms with Gasteiger partial charge in [0.15, 0.2) is 5.41 Å². The summed E-state index contributed by atoms with van der Waals surface area (Å²) in [6.07, 6.45) is 2.02. The minimum Gasteiger partial charge on any atom is -0.462 e. The number of aromatic nitrogens is 1. The summed E-state index contributed by atoms with van der Waals surface area (Å²) in [6.45, 7) is 11.6. The number of esters is 2. The van der Waals surface area contributed by atoms with Gasteiger partial charge in [0.1, 0.15) is 0 Å². The second kappa shape index (κ2) is 9.73. The first-order valence-corrected chi connectivity index (χ1v) is 12.3. The van der Waals surface area contributed by atoms with Crippen LogP contribution in [0.3, 0.4) is 0 Å². The summed E-state index contributed by atoms with van der Waals surface area (Å²) in [5.41, 5.74) is 2.89. The van der Waals surface area contributed by atoms with Crippen LogP contribution in [0.4, 0.5) is 0 Å². The topological polar surface area (TPSA) is 57.5 Å². The van der Waals surface area contributed by atoms with E-state index < -0.39 is 17.4 Å². The lowest BCUT2D eigenvalue weighted by molar-refractivity contribution is -0.176. The first kappa shape index (κ1) is 24.8. The largest absolute Gasteiger partial charge is 0.462 e. The quantitative estimate of drug-likeness (QED) is 0.234. The number of nitrogens with zero attached hydrogens (tertiary/aromatic N) is 1. The Morgan fingerprint density at radius 3 is 2.11 bits per heavy atom. The standard InChI is InChI=1S/C30H35NO4/c1-19(2)34-28(32)30(29(33)35-20(3)4)16-21(5)24(17-30)27(22-12-8-7-9-13-22)25-18-31(6)26-15-11-10-14-23(25)26/h7-15,18-20,24,27H,5,16-17H2,1-4,6H3/t24-,27-/m0/s1. The molecule has 5 heteroatoms. The van der Waals surface area contributed by atoms with Gasteiger partial charge in [0, 0.05) is 30.1 Å². The van der Waals surface area contributed by atoms with E-state index in [1.807, 2.05) is 37.4 Å². The number of hydrogen-bond donors (Lipinski definition) is 0. The molecular formula is C30H35NO4. The van der Waals surface area contributed by atoms with Crippen LogP contribution in [0.15, 0.2) is 72.9 Å². The van der Waals surface area contributed by atoms with E-state index in [1.54, 1.807) is 27.7 Å². The summed E-state index contributed by atoms with van der Waals surface area (Å²) in [5, 5.41) is 1.16. The molecule has 0 aliphatic heterocycles. The van der Waals surface area contributed by atoms with Crippen LogP contribution in [0.25, 0.3) is 10.9 Å². The number of aryl methyl sites for hydroxylation is 1. The second-order valence-corrected chi connectivity index (χ2v) is 10.2. The van der Waals surface area contributed by atoms with Gasteiger partial charge in [0.25, 0.3) is 0 Å². The van der Waals surface area contributed by atoms with Crippen LogP contribution in [-0.4, -0.2) is 28.7 Å². The Hall–Kier alpha value is -3.34. The monoisotopic (exact) mass is 473 g/mol. The Kier molecular flexibility index (Phi) is 6.88. The Morgan fingerprint density at radius 1 is 0.943 bits per heavy atom. The van der Waals surface area contributed by atoms with Crippen LogP contribution < -0.4 is 0 Å². The van der Waals surface area contributed by atoms with Crippen LogP contribution in [0.1, 0.15) is 57.6 Å². The molecule has 184 valence electrons. The number of ether oxygens (including phenoxy) is 2. The Morgan fingerprint density at radius 2 is 1.51 bits per heavy atom. The predicted molar refractivity (Wildman–Crippen MR) is 138 cm³/mol. The average molecular weight is 474 g/mol. The third-order valence-electron chi connectivity index (χ3n) is 6.91. The number of carbonyl (C=O) groups excluding carboxylic acids is 2. The number of para-hydroxylation sites is 1. The van der Waals surface area contributed by atoms with Crippen LogP contribution >= 0.6 is 0 Å². The zero-order valence-electron chi connectivity index (χ0n) is 21.3. The number of allylic oxidation sites excluding steroid dienone is 1. The van der Waals surface area contributed by atoms with E-state index in [2.05, 4.69) is 41.6 Å². The van der Waals surface area contributed by atoms with Gasteiger partial charge in [-0.05, 0) is 63.6 Å². The highest BCUT2D eigenvalue weighted by Crippen LogP contribution is 2.54. The van der Waals surface area contributed by atoms with Crippen molar-refractivity contribution in [3.63, 3.8) is 0 Å². The maximum atomic E-state index is 13.4. The molecule has 0 unspecified atom stereocenters. The smallest absolute Gasteiger partial charge is 0.324 e. The highest BCUT2D eigenvalue weighted by atomic mass is 16.6. The maximum absolute atomic E-state index is 13.4. The molecule has 2 aromatic carbocycles. The van der Waals surface area contributed by atoms with Crippen LogP contribution in [0.5, 0.6) is 0 Å². The van der Waals surface area contributed by atoms with E-state index in [4.69, 9.17) is 9.47 Å². The molecule has 5 nitrogen and oxygen atoms in total. The van der Waals surface area contributed by atoms with Crippen LogP contribution in [0.2, 0.25) is 0 Å². The van der Waals surface area contributed by atoms with Gasteiger partial charge in [-0.1, -0.05) is 60.7 Å². The van der Waals surface area contributed by atoms with E-state index in [1.165, 1.54) is 0 Å². The Balaban J connectivity index is 1.84. The van der Waals surface area contributed by atoms with Crippen molar-refractivity contribution in [1.29, 1.82) is 0 Å². The number of hydrogen-bond acceptors (Lipinski definition) is 4. The highest BCUT2D eigenvalue weighted by molar-refractivity contribution is 6.01. The average Bonchev–Trinajstić information content (AvgIpc) is 3.33. The molecule has 4 rings (SSSR count). The molecule has 1 aliphatic carbocycles. The van der Waals surface area contributed by atoms with Crippen molar-refractivity contribution in [3.8, 4) is 0 Å². The second-order valence-electron chi connectivity index (χ2n) is 10.2. The number of carbonyl (C=O) groups is 2. The van der Waals surface area contributed by atoms with Crippen molar-refractivity contribution in [2.45, 2.75) is 58.7 Å². The fourth-order valence-corrected chi connectivity index (χ4v) is 5.42. The molecule has 0 radical (unpaired) electrons. The summed E-state index contributed by atoms with van der Waals surface area (Å²) >= 11 is 0. The third kappa shape index (κ3) is 4.64. The maximum Gasteiger partial charge on any atom is 0.324 e. The molecule has 0 saturated heterocycles. The lowest BCUT2D eigenvalue weighted by Gasteiger charge is -2.29. The minimum atomic E-state index is -1.39. The molecule has 3 aromatic rings. The third-order valence-corrected chi connectivity index (χ3v) is 6.91. The van der Waals surface area contributed by atoms with E-state index >= 15 is 0 Å². The minimum absolute atomic E-state index is 0.0737. The van der Waals surface area contributed by atoms with E-state index in [0.717, 1.165) is 27.6 Å². The summed E-state index contributed by atoms with van der Waals surface area (Å²) in [5.74, 6) is -1.25. The van der Waals surface area contributed by atoms with E-state index in [9.17, 15) is 9.59 Å². The first-order chi connectivity index (χ1) is 16.6. The number of fused-ring (bicyclic) bond motifs is 1. The van der Waals surface area contributed by atoms with E-state index in [-0.39, 0.29) is 30.5 Å². The van der Waals surface area contributed by atoms with Gasteiger partial charge in [-0.3, -0.25) is 9.59 Å². The van der Waals surface area contributed by atoms with Gasteiger partial charge in [-0.2, -0.15) is 0 Å². The zero-order chi connectivity index (χ0) is 25.3. The fourth-order valence-electron chi connectivity index (χ4n) is 5.42. The van der Waals surface area contributed by atoms with Gasteiger partial charge >= 0.3 is 11.9 Å². The van der Waals surface area contributed by atoms with Crippen molar-refractivity contribution in [2.24, 2.45) is 18.4 Å². The Labute approximate surface area is 207 Å². The zero-order valence-corrected chi connectivity index (χ0v) is 21.3. The number of rotatable bonds is 7. The van der Waals surface area contributed by atoms with Crippen LogP contribution in [-0.2, 0) is 26.1 Å². The molecule has 1 heterocycles. The summed E-state index contributed by atoms with van der Waals surface area (Å²) in [4.78, 5) is 26.9. The van der Waals surface area contributed by atoms with Gasteiger partial charge < -0.3 is 14.0 Å². The first-order valence-electron chi connectivity index (χ1n) is 12.3. The van der Waals surface area contributed by atoms with Gasteiger partial charge in [-0.15, -0.1) is 0 Å². The molecular weight excluding hydrogens is 438 g/mol. The predicted octanol–water partition coefficient (Wildman–Crippen LogP) is 6.17. The lowest BCUT2D eigenvalue weighted by atomic mass is 9.76. The fraction of sp³-hybridized carbons (Fsp3) is 0.400. The SMILES string of the molecule is C=C1CC(C(=O)OC(C)C)(C(=O)OC(C)C)C[C@@H]1[C@H](c1ccccc1)c1cn(C)c2ccccc12. The number of benzene rings is 2. The Bertz CT molecular complexity index is 1220. The molecule has 35 heavy (non-hydrogen) atoms. The molecule has 1 saturated carbocycles. The van der Waals surface area contributed by atoms with Crippen molar-refractivity contribution in [2.75, 3.05) is 0 Å². The summed E-state index contributed by atoms with van der Waals surface area (Å²) in [7, 11) is 2.04. The summed E-state index contributed by atoms with van der Waals surface area (Å²) < 4.78 is 13.4. The van der Waals surface area contributed by atoms with Crippen molar-refractivity contribution < 1.29 is 19.1 Å². The van der Waals surface area contributed by atoms with Crippen molar-refractivity contribution >= 4 is 22.8 Å². The molecule has 1 fully saturated rings. The highest BCUT2D eigenvalue weighted by Gasteiger charge is 2.57. The van der Waals surface area contributed by atoms with Gasteiger partial charge in [-0.25, -0.2) is 0 Å². The van der Waals surface area contributed by atoms with E-state index in [0.29, 0.717) is 6.42 Å². The molecule has 1 aliphatic rings. The lowest BCUT2D eigenvalue weighted by Crippen LogP contribution is -2.42. The molecule has 0 spiro atoms. The van der Waals surface area contributed by atoms with Crippen LogP contribution in [0, 0.1) is 11.3 Å². The van der Waals surface area contributed by atoms with Gasteiger partial charge in [0.05, 0.1) is 12.2 Å². The molecule has 2 atom stereocenters.